The van der Waals surface area contributed by atoms with Crippen molar-refractivity contribution < 1.29 is 5.11 Å². The molecule has 0 heterocycles. The maximum Gasteiger partial charge on any atom is 0.104 e. The van der Waals surface area contributed by atoms with Crippen molar-refractivity contribution >= 4 is 0 Å². The molecule has 1 fully saturated rings. The smallest absolute Gasteiger partial charge is 0.104 e. The summed E-state index contributed by atoms with van der Waals surface area (Å²) in [5, 5.41) is 8.68. The maximum absolute atomic E-state index is 8.68. The van der Waals surface area contributed by atoms with Gasteiger partial charge in [-0.25, -0.2) is 0 Å². The molecule has 0 aromatic rings. The fraction of sp³-hybridized carbons (Fsp3) is 0.500. The molecule has 13 heavy (non-hydrogen) atoms. The fourth-order valence-corrected chi connectivity index (χ4v) is 2.40. The normalized spacial score (nSPS) is 40.6. The van der Waals surface area contributed by atoms with Gasteiger partial charge in [0.15, 0.2) is 0 Å². The van der Waals surface area contributed by atoms with E-state index in [0.29, 0.717) is 11.8 Å². The Morgan fingerprint density at radius 2 is 2.46 bits per heavy atom. The summed E-state index contributed by atoms with van der Waals surface area (Å²) < 4.78 is 0. The molecule has 0 radical (unpaired) electrons. The van der Waals surface area contributed by atoms with Gasteiger partial charge in [-0.1, -0.05) is 36.1 Å². The number of hydrogen-bond acceptors (Lipinski definition) is 1. The van der Waals surface area contributed by atoms with E-state index in [0.717, 1.165) is 6.42 Å². The molecule has 3 unspecified atom stereocenters. The van der Waals surface area contributed by atoms with Crippen molar-refractivity contribution in [2.24, 2.45) is 17.3 Å². The second-order valence-electron chi connectivity index (χ2n) is 4.02. The van der Waals surface area contributed by atoms with Crippen molar-refractivity contribution in [3.05, 3.63) is 24.3 Å². The lowest BCUT2D eigenvalue weighted by molar-refractivity contribution is 0.349. The first kappa shape index (κ1) is 8.59. The summed E-state index contributed by atoms with van der Waals surface area (Å²) in [4.78, 5) is 0. The molecule has 1 saturated carbocycles. The van der Waals surface area contributed by atoms with E-state index in [1.165, 1.54) is 5.57 Å². The number of allylic oxidation sites excluding steroid dienone is 3. The highest BCUT2D eigenvalue weighted by atomic mass is 16.2. The summed E-state index contributed by atoms with van der Waals surface area (Å²) in [6.45, 7) is 6.19. The van der Waals surface area contributed by atoms with Crippen LogP contribution in [0.4, 0.5) is 0 Å². The van der Waals surface area contributed by atoms with Crippen molar-refractivity contribution in [2.75, 3.05) is 6.61 Å². The quantitative estimate of drug-likeness (QED) is 0.438. The van der Waals surface area contributed by atoms with Gasteiger partial charge in [0.05, 0.1) is 5.41 Å². The standard InChI is InChI=1S/C12H14O/c1-9-10-4-5-11(8-10)12(9,2)6-3-7-13/h4-5,10-11,13H,1,7-8H2,2H3. The second kappa shape index (κ2) is 2.75. The van der Waals surface area contributed by atoms with Gasteiger partial charge in [0, 0.05) is 0 Å². The van der Waals surface area contributed by atoms with Gasteiger partial charge in [-0.2, -0.15) is 0 Å². The van der Waals surface area contributed by atoms with Crippen molar-refractivity contribution in [2.45, 2.75) is 13.3 Å². The van der Waals surface area contributed by atoms with Crippen LogP contribution >= 0.6 is 0 Å². The van der Waals surface area contributed by atoms with Crippen LogP contribution in [0.15, 0.2) is 24.3 Å². The van der Waals surface area contributed by atoms with E-state index in [1.807, 2.05) is 0 Å². The number of rotatable bonds is 0. The van der Waals surface area contributed by atoms with E-state index in [1.54, 1.807) is 0 Å². The summed E-state index contributed by atoms with van der Waals surface area (Å²) in [7, 11) is 0. The van der Waals surface area contributed by atoms with Gasteiger partial charge >= 0.3 is 0 Å². The van der Waals surface area contributed by atoms with Crippen molar-refractivity contribution in [1.29, 1.82) is 0 Å². The van der Waals surface area contributed by atoms with Crippen LogP contribution in [0.25, 0.3) is 0 Å². The Labute approximate surface area is 79.2 Å². The van der Waals surface area contributed by atoms with E-state index >= 15 is 0 Å². The van der Waals surface area contributed by atoms with Crippen molar-refractivity contribution in [3.8, 4) is 11.8 Å². The van der Waals surface area contributed by atoms with Crippen LogP contribution in [0.1, 0.15) is 13.3 Å². The minimum absolute atomic E-state index is 0.0516. The van der Waals surface area contributed by atoms with Crippen LogP contribution in [0.3, 0.4) is 0 Å². The van der Waals surface area contributed by atoms with Gasteiger partial charge in [0.2, 0.25) is 0 Å². The number of fused-ring (bicyclic) bond motifs is 2. The SMILES string of the molecule is C=C1C2C=CC(C2)C1(C)C#CCO. The Kier molecular flexibility index (Phi) is 1.82. The molecule has 1 N–H and O–H groups in total. The van der Waals surface area contributed by atoms with Crippen molar-refractivity contribution in [3.63, 3.8) is 0 Å². The Bertz CT molecular complexity index is 329. The summed E-state index contributed by atoms with van der Waals surface area (Å²) in [6.07, 6.45) is 5.64. The Morgan fingerprint density at radius 3 is 3.00 bits per heavy atom. The highest BCUT2D eigenvalue weighted by molar-refractivity contribution is 5.40. The second-order valence-corrected chi connectivity index (χ2v) is 4.02. The summed E-state index contributed by atoms with van der Waals surface area (Å²) in [6, 6.07) is 0. The van der Waals surface area contributed by atoms with Crippen LogP contribution in [-0.4, -0.2) is 11.7 Å². The molecule has 0 amide bonds. The third kappa shape index (κ3) is 1.06. The fourth-order valence-electron chi connectivity index (χ4n) is 2.40. The van der Waals surface area contributed by atoms with Gasteiger partial charge in [0.1, 0.15) is 6.61 Å². The Balaban J connectivity index is 2.34. The predicted molar refractivity (Wildman–Crippen MR) is 52.8 cm³/mol. The topological polar surface area (TPSA) is 20.2 Å². The van der Waals surface area contributed by atoms with Gasteiger partial charge in [-0.05, 0) is 25.2 Å². The molecule has 3 atom stereocenters. The largest absolute Gasteiger partial charge is 0.384 e. The van der Waals surface area contributed by atoms with E-state index in [9.17, 15) is 0 Å². The monoisotopic (exact) mass is 174 g/mol. The molecule has 1 nitrogen and oxygen atoms in total. The molecule has 2 rings (SSSR count). The first-order valence-corrected chi connectivity index (χ1v) is 4.67. The molecule has 0 aromatic carbocycles. The molecule has 2 bridgehead atoms. The maximum atomic E-state index is 8.68. The Morgan fingerprint density at radius 1 is 1.69 bits per heavy atom. The molecular weight excluding hydrogens is 160 g/mol. The average Bonchev–Trinajstić information content (AvgIpc) is 2.68. The first-order chi connectivity index (χ1) is 6.18. The van der Waals surface area contributed by atoms with E-state index < -0.39 is 0 Å². The Hall–Kier alpha value is -1.00. The highest BCUT2D eigenvalue weighted by Gasteiger charge is 2.47. The lowest BCUT2D eigenvalue weighted by Gasteiger charge is -2.27. The van der Waals surface area contributed by atoms with Gasteiger partial charge in [0.25, 0.3) is 0 Å². The molecule has 2 aliphatic carbocycles. The van der Waals surface area contributed by atoms with Gasteiger partial charge < -0.3 is 5.11 Å². The molecule has 0 saturated heterocycles. The zero-order valence-corrected chi connectivity index (χ0v) is 7.88. The highest BCUT2D eigenvalue weighted by Crippen LogP contribution is 2.54. The summed E-state index contributed by atoms with van der Waals surface area (Å²) >= 11 is 0. The van der Waals surface area contributed by atoms with E-state index in [4.69, 9.17) is 5.11 Å². The number of aliphatic hydroxyl groups excluding tert-OH is 1. The first-order valence-electron chi connectivity index (χ1n) is 4.67. The van der Waals surface area contributed by atoms with Crippen molar-refractivity contribution in [1.82, 2.24) is 0 Å². The summed E-state index contributed by atoms with van der Waals surface area (Å²) in [5.41, 5.74) is 1.14. The zero-order valence-electron chi connectivity index (χ0n) is 7.88. The predicted octanol–water partition coefficient (Wildman–Crippen LogP) is 1.75. The minimum Gasteiger partial charge on any atom is -0.384 e. The van der Waals surface area contributed by atoms with Crippen LogP contribution in [0.2, 0.25) is 0 Å². The van der Waals surface area contributed by atoms with E-state index in [2.05, 4.69) is 37.5 Å². The molecule has 1 heteroatoms. The lowest BCUT2D eigenvalue weighted by atomic mass is 9.75. The third-order valence-electron chi connectivity index (χ3n) is 3.37. The number of hydrogen-bond donors (Lipinski definition) is 1. The molecule has 0 spiro atoms. The van der Waals surface area contributed by atoms with E-state index in [-0.39, 0.29) is 12.0 Å². The van der Waals surface area contributed by atoms with Gasteiger partial charge in [-0.15, -0.1) is 0 Å². The molecule has 0 aliphatic heterocycles. The minimum atomic E-state index is -0.0812. The van der Waals surface area contributed by atoms with Crippen LogP contribution in [-0.2, 0) is 0 Å². The average molecular weight is 174 g/mol. The van der Waals surface area contributed by atoms with Crippen LogP contribution in [0.5, 0.6) is 0 Å². The third-order valence-corrected chi connectivity index (χ3v) is 3.37. The molecule has 2 aliphatic rings. The van der Waals surface area contributed by atoms with Crippen LogP contribution < -0.4 is 0 Å². The van der Waals surface area contributed by atoms with Gasteiger partial charge in [-0.3, -0.25) is 0 Å². The van der Waals surface area contributed by atoms with Crippen LogP contribution in [0, 0.1) is 29.1 Å². The zero-order chi connectivity index (χ0) is 9.47. The molecule has 68 valence electrons. The number of aliphatic hydroxyl groups is 1. The molecular formula is C12H14O. The lowest BCUT2D eigenvalue weighted by Crippen LogP contribution is -2.21. The summed E-state index contributed by atoms with van der Waals surface area (Å²) in [5.74, 6) is 6.94. The molecule has 0 aromatic heterocycles.